The van der Waals surface area contributed by atoms with Crippen molar-refractivity contribution in [2.45, 2.75) is 80.8 Å². The smallest absolute Gasteiger partial charge is 0.471 e. The molecule has 14 nitrogen and oxygen atoms in total. The molecule has 62 heavy (non-hydrogen) atoms. The summed E-state index contributed by atoms with van der Waals surface area (Å²) in [5.41, 5.74) is 3.69. The molecule has 5 aliphatic heterocycles. The minimum Gasteiger partial charge on any atom is -0.649 e. The third-order valence-electron chi connectivity index (χ3n) is 11.7. The number of esters is 3. The van der Waals surface area contributed by atoms with Gasteiger partial charge in [0.2, 0.25) is 6.79 Å². The molecule has 0 saturated carbocycles. The first-order valence-corrected chi connectivity index (χ1v) is 20.7. The van der Waals surface area contributed by atoms with Gasteiger partial charge in [-0.1, -0.05) is 54.6 Å². The van der Waals surface area contributed by atoms with Gasteiger partial charge in [0.05, 0.1) is 25.3 Å². The van der Waals surface area contributed by atoms with Crippen LogP contribution < -0.4 is 29.0 Å². The van der Waals surface area contributed by atoms with Crippen molar-refractivity contribution in [2.75, 3.05) is 26.3 Å². The van der Waals surface area contributed by atoms with Crippen LogP contribution in [0.2, 0.25) is 0 Å². The summed E-state index contributed by atoms with van der Waals surface area (Å²) in [5, 5.41) is 17.4. The zero-order valence-electron chi connectivity index (χ0n) is 33.8. The number of allylic oxidation sites excluding steroid dienone is 1. The summed E-state index contributed by atoms with van der Waals surface area (Å²) in [6, 6.07) is 7.00. The predicted octanol–water partition coefficient (Wildman–Crippen LogP) is 6.75. The Morgan fingerprint density at radius 2 is 1.81 bits per heavy atom. The number of aryl methyl sites for hydroxylation is 1. The number of carbonyl (C=O) groups is 4. The zero-order chi connectivity index (χ0) is 44.2. The Kier molecular flexibility index (Phi) is 11.5. The van der Waals surface area contributed by atoms with E-state index in [4.69, 9.17) is 33.7 Å². The van der Waals surface area contributed by atoms with Crippen LogP contribution in [0.4, 0.5) is 13.2 Å². The number of benzene rings is 3. The number of nitrogens with zero attached hydrogens (tertiary/aromatic N) is 3. The molecule has 4 bridgehead atoms. The highest BCUT2D eigenvalue weighted by molar-refractivity contribution is 7.99. The molecule has 5 heterocycles. The van der Waals surface area contributed by atoms with E-state index in [1.54, 1.807) is 31.3 Å². The average Bonchev–Trinajstić information content (AvgIpc) is 3.73. The molecule has 3 aromatic carbocycles. The molecule has 0 aromatic heterocycles. The number of piperazine rings is 1. The third kappa shape index (κ3) is 7.31. The molecule has 324 valence electrons. The number of methoxy groups -OCH3 is 1. The van der Waals surface area contributed by atoms with E-state index in [0.29, 0.717) is 39.8 Å². The molecular formula is C44H40F3N4O10S-. The lowest BCUT2D eigenvalue weighted by atomic mass is 9.68. The second-order valence-electron chi connectivity index (χ2n) is 15.3. The second kappa shape index (κ2) is 16.7. The fraction of sp³-hybridized carbons (Fsp3) is 0.386. The lowest BCUT2D eigenvalue weighted by Crippen LogP contribution is -2.63. The summed E-state index contributed by atoms with van der Waals surface area (Å²) in [6.45, 7) is 7.92. The number of nitriles is 1. The molecule has 5 unspecified atom stereocenters. The number of halogens is 3. The van der Waals surface area contributed by atoms with E-state index in [9.17, 15) is 37.6 Å². The first kappa shape index (κ1) is 42.7. The molecule has 18 heteroatoms. The number of thioether (sulfide) groups is 1. The van der Waals surface area contributed by atoms with Crippen LogP contribution in [0.1, 0.15) is 75.5 Å². The van der Waals surface area contributed by atoms with Crippen LogP contribution in [0.25, 0.3) is 11.4 Å². The van der Waals surface area contributed by atoms with E-state index in [0.717, 1.165) is 17.3 Å². The Balaban J connectivity index is 1.38. The molecule has 8 atom stereocenters. The quantitative estimate of drug-likeness (QED) is 0.109. The van der Waals surface area contributed by atoms with Crippen LogP contribution in [-0.4, -0.2) is 85.3 Å². The van der Waals surface area contributed by atoms with Crippen molar-refractivity contribution in [1.29, 1.82) is 5.26 Å². The van der Waals surface area contributed by atoms with Crippen molar-refractivity contribution in [3.05, 3.63) is 99.4 Å². The van der Waals surface area contributed by atoms with Crippen LogP contribution in [0.3, 0.4) is 0 Å². The fourth-order valence-electron chi connectivity index (χ4n) is 9.32. The highest BCUT2D eigenvalue weighted by Crippen LogP contribution is 2.66. The van der Waals surface area contributed by atoms with Gasteiger partial charge in [-0.15, -0.1) is 18.3 Å². The minimum absolute atomic E-state index is 0.0730. The van der Waals surface area contributed by atoms with E-state index in [1.165, 1.54) is 20.1 Å². The molecule has 2 fully saturated rings. The van der Waals surface area contributed by atoms with Crippen molar-refractivity contribution >= 4 is 41.7 Å². The van der Waals surface area contributed by atoms with E-state index in [1.807, 2.05) is 41.3 Å². The highest BCUT2D eigenvalue weighted by Gasteiger charge is 2.57. The second-order valence-corrected chi connectivity index (χ2v) is 16.5. The number of cyclic esters (lactones) is 1. The number of ether oxygens (including phenoxy) is 6. The van der Waals surface area contributed by atoms with E-state index < -0.39 is 89.8 Å². The van der Waals surface area contributed by atoms with Crippen molar-refractivity contribution in [1.82, 2.24) is 10.2 Å². The van der Waals surface area contributed by atoms with Crippen LogP contribution in [-0.2, 0) is 23.9 Å². The first-order valence-electron chi connectivity index (χ1n) is 19.6. The van der Waals surface area contributed by atoms with Gasteiger partial charge < -0.3 is 39.1 Å². The molecule has 8 rings (SSSR count). The van der Waals surface area contributed by atoms with Crippen molar-refractivity contribution in [3.8, 4) is 34.8 Å². The summed E-state index contributed by atoms with van der Waals surface area (Å²) < 4.78 is 76.8. The lowest BCUT2D eigenvalue weighted by Gasteiger charge is -2.67. The molecule has 0 spiro atoms. The maximum atomic E-state index is 13.8. The standard InChI is InChI=1S/C44H40F3N4O10S/c1-6-10-24-25-15-20(2)36(56-5)40(61-29(53)14-13-23-11-8-7-9-12-23)30(25)34-35-41-32-31(39-38(58-19-59-39)21(3)37(32)60-22(4)52)28(51(35)27(16-48)33(24)50-34)17-57-42(54)26(18-62-41)49-43(55)44(45,46)47/h6-9,11-15,24,26-28,33-35,41H,1,10,17-19H2,2-5H3,(H,49,55)/q-1/b14-13+/t24?,26?,27-,28-,33?,34?,35?,41+/m0/s1. The third-order valence-corrected chi connectivity index (χ3v) is 13.1. The average molecular weight is 874 g/mol. The van der Waals surface area contributed by atoms with Crippen molar-refractivity contribution in [3.63, 3.8) is 0 Å². The van der Waals surface area contributed by atoms with Gasteiger partial charge in [0, 0.05) is 46.7 Å². The Hall–Kier alpha value is -6.03. The summed E-state index contributed by atoms with van der Waals surface area (Å²) in [6.07, 6.45) is -0.377. The molecule has 2 saturated heterocycles. The Bertz CT molecular complexity index is 2440. The van der Waals surface area contributed by atoms with Crippen molar-refractivity contribution in [2.24, 2.45) is 0 Å². The molecule has 5 aliphatic rings. The van der Waals surface area contributed by atoms with Crippen LogP contribution >= 0.6 is 11.8 Å². The molecule has 1 amide bonds. The van der Waals surface area contributed by atoms with Gasteiger partial charge in [0.15, 0.2) is 23.0 Å². The fourth-order valence-corrected chi connectivity index (χ4v) is 10.8. The summed E-state index contributed by atoms with van der Waals surface area (Å²) in [4.78, 5) is 54.5. The highest BCUT2D eigenvalue weighted by atomic mass is 32.2. The number of rotatable bonds is 8. The SMILES string of the molecule is C=CCC1c2cc(C)c(OC)c(OC(=O)/C=C/c3ccccc3)c2C2[N-]C1[C@H](C#N)N1C2[C@@H]2SCC(NC(=O)C(F)(F)F)C(=O)OC[C@H]1c1c3c(c(C)c(OC(C)=O)c12)OCO3. The zero-order valence-corrected chi connectivity index (χ0v) is 34.6. The number of carbonyl (C=O) groups excluding carboxylic acids is 4. The molecular weight excluding hydrogens is 834 g/mol. The minimum atomic E-state index is -5.31. The van der Waals surface area contributed by atoms with E-state index >= 15 is 0 Å². The van der Waals surface area contributed by atoms with Gasteiger partial charge >= 0.3 is 30.0 Å². The van der Waals surface area contributed by atoms with Gasteiger partial charge in [0.1, 0.15) is 18.4 Å². The number of nitrogens with one attached hydrogen (secondary N) is 1. The Morgan fingerprint density at radius 1 is 1.06 bits per heavy atom. The monoisotopic (exact) mass is 873 g/mol. The number of fused-ring (bicyclic) bond motifs is 9. The van der Waals surface area contributed by atoms with Gasteiger partial charge in [-0.3, -0.25) is 14.5 Å². The van der Waals surface area contributed by atoms with Gasteiger partial charge in [-0.05, 0) is 54.5 Å². The van der Waals surface area contributed by atoms with Crippen molar-refractivity contribution < 1.29 is 60.8 Å². The van der Waals surface area contributed by atoms with Gasteiger partial charge in [0.25, 0.3) is 0 Å². The number of hydrogen-bond acceptors (Lipinski definition) is 13. The van der Waals surface area contributed by atoms with Gasteiger partial charge in [-0.2, -0.15) is 18.4 Å². The summed E-state index contributed by atoms with van der Waals surface area (Å²) in [7, 11) is 1.44. The predicted molar refractivity (Wildman–Crippen MR) is 217 cm³/mol. The van der Waals surface area contributed by atoms with Crippen LogP contribution in [0, 0.1) is 25.2 Å². The molecule has 0 aliphatic carbocycles. The Morgan fingerprint density at radius 3 is 2.48 bits per heavy atom. The normalized spacial score (nSPS) is 25.9. The number of amides is 1. The van der Waals surface area contributed by atoms with E-state index in [-0.39, 0.29) is 35.5 Å². The maximum absolute atomic E-state index is 13.8. The molecule has 3 aromatic rings. The number of hydrogen-bond donors (Lipinski definition) is 1. The Labute approximate surface area is 358 Å². The number of alkyl halides is 3. The van der Waals surface area contributed by atoms with E-state index in [2.05, 4.69) is 12.6 Å². The molecule has 0 radical (unpaired) electrons. The maximum Gasteiger partial charge on any atom is 0.471 e. The summed E-state index contributed by atoms with van der Waals surface area (Å²) >= 11 is 0.979. The lowest BCUT2D eigenvalue weighted by molar-refractivity contribution is -0.175. The topological polar surface area (TPSA) is 177 Å². The molecule has 1 N–H and O–H groups in total. The summed E-state index contributed by atoms with van der Waals surface area (Å²) in [5.74, 6) is -4.94. The van der Waals surface area contributed by atoms with Gasteiger partial charge in [-0.25, -0.2) is 9.59 Å². The van der Waals surface area contributed by atoms with Crippen LogP contribution in [0.15, 0.2) is 55.1 Å². The first-order chi connectivity index (χ1) is 29.7. The van der Waals surface area contributed by atoms with Crippen LogP contribution in [0.5, 0.6) is 28.7 Å². The largest absolute Gasteiger partial charge is 0.649 e.